The van der Waals surface area contributed by atoms with Gasteiger partial charge in [0.2, 0.25) is 5.17 Å². The molecule has 0 fully saturated rings. The number of halogens is 1. The lowest BCUT2D eigenvalue weighted by Crippen LogP contribution is -2.35. The van der Waals surface area contributed by atoms with Crippen LogP contribution in [0.2, 0.25) is 5.02 Å². The van der Waals surface area contributed by atoms with E-state index in [0.717, 1.165) is 28.2 Å². The fraction of sp³-hybridized carbons (Fsp3) is 0.130. The Balaban J connectivity index is 1.55. The number of nitrogens with zero attached hydrogens (tertiary/aromatic N) is 4. The van der Waals surface area contributed by atoms with Gasteiger partial charge >= 0.3 is 0 Å². The molecule has 32 heavy (non-hydrogen) atoms. The van der Waals surface area contributed by atoms with Gasteiger partial charge in [-0.3, -0.25) is 10.2 Å². The summed E-state index contributed by atoms with van der Waals surface area (Å²) >= 11 is 7.44. The molecule has 0 unspecified atom stereocenters. The average Bonchev–Trinajstić information content (AvgIpc) is 3.47. The summed E-state index contributed by atoms with van der Waals surface area (Å²) in [5.41, 5.74) is 5.00. The molecule has 9 heteroatoms. The summed E-state index contributed by atoms with van der Waals surface area (Å²) in [5.74, 6) is 0.0875. The van der Waals surface area contributed by atoms with Crippen molar-refractivity contribution in [2.24, 2.45) is 10.1 Å². The summed E-state index contributed by atoms with van der Waals surface area (Å²) in [7, 11) is 0. The molecule has 0 bridgehead atoms. The van der Waals surface area contributed by atoms with E-state index in [1.807, 2.05) is 45.0 Å². The van der Waals surface area contributed by atoms with Crippen molar-refractivity contribution in [3.8, 4) is 5.69 Å². The van der Waals surface area contributed by atoms with Crippen molar-refractivity contribution in [2.75, 3.05) is 0 Å². The maximum atomic E-state index is 12.8. The van der Waals surface area contributed by atoms with Crippen LogP contribution in [0, 0.1) is 26.2 Å². The summed E-state index contributed by atoms with van der Waals surface area (Å²) in [6.07, 6.45) is 3.26. The van der Waals surface area contributed by atoms with Crippen molar-refractivity contribution < 1.29 is 9.21 Å². The predicted octanol–water partition coefficient (Wildman–Crippen LogP) is 5.32. The Morgan fingerprint density at radius 1 is 1.19 bits per heavy atom. The van der Waals surface area contributed by atoms with E-state index in [9.17, 15) is 4.79 Å². The van der Waals surface area contributed by atoms with Gasteiger partial charge < -0.3 is 8.98 Å². The number of aliphatic imine (C=N–C) groups is 1. The largest absolute Gasteiger partial charge is 0.462 e. The first-order valence-corrected chi connectivity index (χ1v) is 11.0. The molecule has 0 spiro atoms. The highest BCUT2D eigenvalue weighted by Crippen LogP contribution is 2.32. The third-order valence-corrected chi connectivity index (χ3v) is 6.53. The van der Waals surface area contributed by atoms with E-state index < -0.39 is 5.91 Å². The number of hydrazone groups is 1. The number of aromatic nitrogens is 1. The molecule has 1 amide bonds. The number of aryl methyl sites for hydroxylation is 2. The van der Waals surface area contributed by atoms with Gasteiger partial charge in [0.25, 0.3) is 5.91 Å². The van der Waals surface area contributed by atoms with Crippen molar-refractivity contribution in [3.63, 3.8) is 0 Å². The Kier molecular flexibility index (Phi) is 4.91. The van der Waals surface area contributed by atoms with E-state index in [4.69, 9.17) is 21.4 Å². The molecule has 0 saturated heterocycles. The highest BCUT2D eigenvalue weighted by Gasteiger charge is 2.36. The van der Waals surface area contributed by atoms with Crippen LogP contribution in [-0.4, -0.2) is 31.5 Å². The van der Waals surface area contributed by atoms with Gasteiger partial charge in [0, 0.05) is 22.1 Å². The van der Waals surface area contributed by atoms with Crippen LogP contribution >= 0.6 is 23.4 Å². The van der Waals surface area contributed by atoms with E-state index in [-0.39, 0.29) is 11.4 Å². The Hall–Kier alpha value is -3.36. The lowest BCUT2D eigenvalue weighted by molar-refractivity contribution is -0.114. The number of hydrogen-bond acceptors (Lipinski definition) is 5. The molecule has 2 aliphatic rings. The molecule has 2 aliphatic heterocycles. The smallest absolute Gasteiger partial charge is 0.283 e. The summed E-state index contributed by atoms with van der Waals surface area (Å²) in [6.45, 7) is 6.00. The number of amidine groups is 2. The molecule has 1 aromatic carbocycles. The Bertz CT molecular complexity index is 1380. The minimum Gasteiger partial charge on any atom is -0.462 e. The second-order valence-electron chi connectivity index (χ2n) is 7.50. The van der Waals surface area contributed by atoms with Crippen LogP contribution in [0.3, 0.4) is 0 Å². The molecule has 0 atom stereocenters. The van der Waals surface area contributed by atoms with Crippen LogP contribution in [0.5, 0.6) is 0 Å². The zero-order valence-electron chi connectivity index (χ0n) is 17.5. The summed E-state index contributed by atoms with van der Waals surface area (Å²) in [6, 6.07) is 11.3. The van der Waals surface area contributed by atoms with Crippen LogP contribution < -0.4 is 0 Å². The van der Waals surface area contributed by atoms with Gasteiger partial charge in [0.1, 0.15) is 0 Å². The van der Waals surface area contributed by atoms with Crippen LogP contribution in [0.25, 0.3) is 11.8 Å². The van der Waals surface area contributed by atoms with E-state index in [0.29, 0.717) is 21.0 Å². The second-order valence-corrected chi connectivity index (χ2v) is 8.89. The maximum absolute atomic E-state index is 12.8. The zero-order valence-corrected chi connectivity index (χ0v) is 19.1. The molecule has 0 radical (unpaired) electrons. The summed E-state index contributed by atoms with van der Waals surface area (Å²) in [4.78, 5) is 16.9. The van der Waals surface area contributed by atoms with Crippen LogP contribution in [0.4, 0.5) is 0 Å². The van der Waals surface area contributed by atoms with Crippen molar-refractivity contribution >= 4 is 51.4 Å². The molecule has 4 heterocycles. The zero-order chi connectivity index (χ0) is 22.6. The van der Waals surface area contributed by atoms with Crippen molar-refractivity contribution in [3.05, 3.63) is 81.5 Å². The quantitative estimate of drug-likeness (QED) is 0.533. The van der Waals surface area contributed by atoms with Crippen LogP contribution in [-0.2, 0) is 4.79 Å². The Morgan fingerprint density at radius 2 is 2.00 bits per heavy atom. The fourth-order valence-electron chi connectivity index (χ4n) is 3.78. The van der Waals surface area contributed by atoms with E-state index in [2.05, 4.69) is 14.7 Å². The molecule has 0 saturated carbocycles. The molecule has 1 N–H and O–H groups in total. The minimum atomic E-state index is -0.464. The molecule has 2 aromatic heterocycles. The van der Waals surface area contributed by atoms with Crippen molar-refractivity contribution in [1.82, 2.24) is 9.58 Å². The van der Waals surface area contributed by atoms with Gasteiger partial charge in [-0.05, 0) is 80.1 Å². The number of benzene rings is 1. The standard InChI is InChI=1S/C23H18ClN5O2S/c1-12-6-7-16(24)11-18(12)28-13(2)9-15(14(28)3)10-17-20(25)29-23(26-21(17)30)32-22(27-29)19-5-4-8-31-19/h4-11,25H,1-3H3/b17-10-,25-20?. The minimum absolute atomic E-state index is 0.0159. The summed E-state index contributed by atoms with van der Waals surface area (Å²) in [5, 5.41) is 16.0. The number of carbonyl (C=O) groups excluding carboxylic acids is 1. The molecule has 3 aromatic rings. The lowest BCUT2D eigenvalue weighted by atomic mass is 10.1. The van der Waals surface area contributed by atoms with Gasteiger partial charge in [0.05, 0.1) is 11.8 Å². The van der Waals surface area contributed by atoms with Crippen LogP contribution in [0.1, 0.15) is 28.3 Å². The number of rotatable bonds is 3. The van der Waals surface area contributed by atoms with E-state index in [1.165, 1.54) is 16.8 Å². The van der Waals surface area contributed by atoms with E-state index in [1.54, 1.807) is 24.5 Å². The summed E-state index contributed by atoms with van der Waals surface area (Å²) < 4.78 is 7.48. The second kappa shape index (κ2) is 7.65. The predicted molar refractivity (Wildman–Crippen MR) is 128 cm³/mol. The third kappa shape index (κ3) is 3.32. The first-order chi connectivity index (χ1) is 15.3. The highest BCUT2D eigenvalue weighted by molar-refractivity contribution is 8.27. The number of hydrogen-bond donors (Lipinski definition) is 1. The van der Waals surface area contributed by atoms with Gasteiger partial charge in [-0.1, -0.05) is 17.7 Å². The Labute approximate surface area is 193 Å². The van der Waals surface area contributed by atoms with Crippen molar-refractivity contribution in [1.29, 1.82) is 5.41 Å². The third-order valence-electron chi connectivity index (χ3n) is 5.37. The van der Waals surface area contributed by atoms with Crippen molar-refractivity contribution in [2.45, 2.75) is 20.8 Å². The number of thioether (sulfide) groups is 1. The highest BCUT2D eigenvalue weighted by atomic mass is 35.5. The topological polar surface area (TPSA) is 86.9 Å². The number of nitrogens with one attached hydrogen (secondary N) is 1. The fourth-order valence-corrected chi connectivity index (χ4v) is 4.80. The number of amides is 1. The number of carbonyl (C=O) groups is 1. The SMILES string of the molecule is Cc1ccc(Cl)cc1-n1c(C)cc(/C=C2/C(=N)N3N=C(c4ccco4)SC3=NC2=O)c1C. The molecule has 0 aliphatic carbocycles. The monoisotopic (exact) mass is 463 g/mol. The molecule has 160 valence electrons. The number of furan rings is 1. The number of fused-ring (bicyclic) bond motifs is 1. The van der Waals surface area contributed by atoms with Gasteiger partial charge in [-0.15, -0.1) is 0 Å². The molecular weight excluding hydrogens is 446 g/mol. The molecule has 7 nitrogen and oxygen atoms in total. The van der Waals surface area contributed by atoms with E-state index >= 15 is 0 Å². The lowest BCUT2D eigenvalue weighted by Gasteiger charge is -2.20. The average molecular weight is 464 g/mol. The first kappa shape index (κ1) is 20.5. The maximum Gasteiger partial charge on any atom is 0.283 e. The van der Waals surface area contributed by atoms with Crippen LogP contribution in [0.15, 0.2) is 62.7 Å². The molecular formula is C23H18ClN5O2S. The molecule has 5 rings (SSSR count). The van der Waals surface area contributed by atoms with Gasteiger partial charge in [0.15, 0.2) is 16.6 Å². The first-order valence-electron chi connectivity index (χ1n) is 9.83. The van der Waals surface area contributed by atoms with Gasteiger partial charge in [-0.2, -0.15) is 15.1 Å². The van der Waals surface area contributed by atoms with Gasteiger partial charge in [-0.25, -0.2) is 0 Å². The Morgan fingerprint density at radius 3 is 2.75 bits per heavy atom. The normalized spacial score (nSPS) is 17.1.